The van der Waals surface area contributed by atoms with Crippen molar-refractivity contribution >= 4 is 120 Å². The van der Waals surface area contributed by atoms with E-state index in [1.807, 2.05) is 125 Å². The number of nitrogens with one attached hydrogen (secondary N) is 7. The Labute approximate surface area is 830 Å². The highest BCUT2D eigenvalue weighted by Gasteiger charge is 2.35. The van der Waals surface area contributed by atoms with Crippen molar-refractivity contribution < 1.29 is 89.2 Å². The van der Waals surface area contributed by atoms with E-state index >= 15 is 0 Å². The minimum Gasteiger partial charge on any atom is -0.394 e. The van der Waals surface area contributed by atoms with Gasteiger partial charge in [-0.15, -0.1) is 6.58 Å². The lowest BCUT2D eigenvalue weighted by molar-refractivity contribution is -0.108. The van der Waals surface area contributed by atoms with Crippen LogP contribution in [0.2, 0.25) is 21.1 Å². The van der Waals surface area contributed by atoms with Crippen molar-refractivity contribution in [3.8, 4) is 22.8 Å². The lowest BCUT2D eigenvalue weighted by Crippen LogP contribution is -2.38. The maximum Gasteiger partial charge on any atom is 0.269 e. The Hall–Kier alpha value is -10.5. The number of H-pyrrole nitrogens is 1. The molecule has 0 bridgehead atoms. The smallest absolute Gasteiger partial charge is 0.269 e. The van der Waals surface area contributed by atoms with E-state index in [9.17, 15) is 73.9 Å². The molecule has 1 aromatic carbocycles. The minimum absolute atomic E-state index is 0.00920. The van der Waals surface area contributed by atoms with Gasteiger partial charge < -0.3 is 82.5 Å². The molecule has 11 rings (SSSR count). The summed E-state index contributed by atoms with van der Waals surface area (Å²) in [4.78, 5) is 67.5. The molecular weight excluding hydrogens is 1940 g/mol. The lowest BCUT2D eigenvalue weighted by Gasteiger charge is -2.33. The molecule has 0 saturated carbocycles. The highest BCUT2D eigenvalue weighted by molar-refractivity contribution is 7.90. The molecule has 10 heterocycles. The van der Waals surface area contributed by atoms with Crippen LogP contribution < -0.4 is 31.9 Å². The maximum atomic E-state index is 14.8. The number of carbonyl (C=O) groups excluding carboxylic acids is 1. The minimum atomic E-state index is -4.12. The number of aromatic amines is 1. The standard InChI is InChI=1S/C26H29F2N5O4S.C19H23F2N5O2.2C12H19ClFN3O2.C12H17ClFN3.C11H15ClFN3O.C2H6/c1-15-5-7-18(8-6-15)38(36,37)33-13-20(19-9-16(27)11-30-25(19)33)23-29-12-21(28)24(32-23)31-22(26(2,3)4)10-17(35)14-34;1-19(2,3)15(5-11(28)9-27)25-18-14(21)8-24-17(26-18)13-7-23-16-12(13)4-10(20)6-22-16;2*1-12(2,3)9(4-7(19)6-18)16-10-8(14)5-15-11(13)17-10;1-5-6-9(12(2,3)4)16-10-8(14)7-15-11(13)17-10;1-11(2,3)8(4-5-17)15-9-7(13)6-14-10(12)16-9;1-2/h5-9,11-13,17,22,34-35H,10,14H2,1-4H3,(H,29,31,32);4,6-8,11,15,27-28H,5,9H2,1-3H3,(H,22,23)(H,24,25,26);2*5,7,9,18-19H,4,6H2,1-3H3,(H,15,16,17);5,7,9H,1,6H2,2-4H3,(H,15,16,17);5-6,8H,4H2,1-3H3,(H,14,15,16);1-2H3/t17?,22-;11?,15-;2*7?,9-;9-;8-;/m111111./s1. The van der Waals surface area contributed by atoms with E-state index < -0.39 is 99.0 Å². The predicted molar refractivity (Wildman–Crippen MR) is 528 cm³/mol. The molecule has 0 saturated heterocycles. The number of aldehydes is 1. The van der Waals surface area contributed by atoms with Crippen LogP contribution in [0.5, 0.6) is 0 Å². The average molecular weight is 2070 g/mol. The second kappa shape index (κ2) is 53.6. The van der Waals surface area contributed by atoms with Gasteiger partial charge >= 0.3 is 0 Å². The lowest BCUT2D eigenvalue weighted by atomic mass is 9.83. The molecule has 770 valence electrons. The summed E-state index contributed by atoms with van der Waals surface area (Å²) in [5, 5.41) is 93.4. The van der Waals surface area contributed by atoms with Crippen LogP contribution in [0.25, 0.3) is 44.8 Å². The summed E-state index contributed by atoms with van der Waals surface area (Å²) in [5.74, 6) is -4.89. The van der Waals surface area contributed by atoms with E-state index in [2.05, 4.69) is 134 Å². The van der Waals surface area contributed by atoms with E-state index in [0.29, 0.717) is 23.0 Å². The summed E-state index contributed by atoms with van der Waals surface area (Å²) in [5.41, 5.74) is 0.354. The quantitative estimate of drug-likeness (QED) is 0.00806. The molecule has 10 aromatic heterocycles. The number of aliphatic hydroxyl groups excluding tert-OH is 8. The van der Waals surface area contributed by atoms with Crippen molar-refractivity contribution in [3.63, 3.8) is 0 Å². The zero-order valence-corrected chi connectivity index (χ0v) is 85.7. The number of hydrogen-bond donors (Lipinski definition) is 15. The van der Waals surface area contributed by atoms with Crippen LogP contribution in [-0.2, 0) is 14.8 Å². The molecule has 0 aliphatic rings. The molecule has 0 aliphatic carbocycles. The van der Waals surface area contributed by atoms with Crippen molar-refractivity contribution in [2.45, 2.75) is 249 Å². The number of carbonyl (C=O) groups is 1. The van der Waals surface area contributed by atoms with Crippen LogP contribution in [-0.4, -0.2) is 221 Å². The predicted octanol–water partition coefficient (Wildman–Crippen LogP) is 17.8. The van der Waals surface area contributed by atoms with Crippen molar-refractivity contribution in [1.82, 2.24) is 78.7 Å². The second-order valence-electron chi connectivity index (χ2n) is 38.6. The fourth-order valence-electron chi connectivity index (χ4n) is 12.8. The molecule has 140 heavy (non-hydrogen) atoms. The third kappa shape index (κ3) is 37.1. The van der Waals surface area contributed by atoms with Crippen LogP contribution in [0.1, 0.15) is 183 Å². The first-order valence-electron chi connectivity index (χ1n) is 44.3. The van der Waals surface area contributed by atoms with Gasteiger partial charge in [0.2, 0.25) is 21.1 Å². The number of pyridine rings is 2. The van der Waals surface area contributed by atoms with Crippen LogP contribution >= 0.6 is 46.4 Å². The van der Waals surface area contributed by atoms with Crippen molar-refractivity contribution in [2.75, 3.05) is 58.3 Å². The number of anilines is 6. The van der Waals surface area contributed by atoms with Crippen molar-refractivity contribution in [3.05, 3.63) is 184 Å². The van der Waals surface area contributed by atoms with Gasteiger partial charge in [-0.1, -0.05) is 162 Å². The third-order valence-electron chi connectivity index (χ3n) is 21.2. The highest BCUT2D eigenvalue weighted by Crippen LogP contribution is 2.38. The van der Waals surface area contributed by atoms with Gasteiger partial charge in [0.25, 0.3) is 10.0 Å². The molecule has 10 atom stereocenters. The first-order chi connectivity index (χ1) is 65.1. The summed E-state index contributed by atoms with van der Waals surface area (Å²) in [6.45, 7) is 43.1. The van der Waals surface area contributed by atoms with Gasteiger partial charge in [-0.25, -0.2) is 97.4 Å². The van der Waals surface area contributed by atoms with Gasteiger partial charge in [0, 0.05) is 77.0 Å². The van der Waals surface area contributed by atoms with Crippen LogP contribution in [0.3, 0.4) is 0 Å². The SMILES string of the molecule is C=CC[C@@H](Nc1nc(Cl)ncc1F)C(C)(C)C.CC.CC(C)(C)[C@@H](CC(O)CO)Nc1nc(-c2c[nH]c3ncc(F)cc23)ncc1F.CC(C)(C)[C@@H](CC(O)CO)Nc1nc(Cl)ncc1F.CC(C)(C)[C@@H](CC(O)CO)Nc1nc(Cl)ncc1F.CC(C)(C)[C@@H](CC=O)Nc1nc(Cl)ncc1F.Cc1ccc(S(=O)(=O)n2cc(-c3ncc(F)c(N[C@H](CC(O)CO)C(C)(C)C)n3)c3cc(F)cnc32)cc1. The number of halogens is 12. The van der Waals surface area contributed by atoms with Crippen LogP contribution in [0, 0.1) is 86.0 Å². The van der Waals surface area contributed by atoms with E-state index in [4.69, 9.17) is 61.7 Å². The first-order valence-corrected chi connectivity index (χ1v) is 47.3. The Bertz CT molecular complexity index is 5760. The molecule has 0 aliphatic heterocycles. The Morgan fingerprint density at radius 3 is 1.00 bits per heavy atom. The third-order valence-corrected chi connectivity index (χ3v) is 23.6. The van der Waals surface area contributed by atoms with Gasteiger partial charge in [0.05, 0.1) is 105 Å². The van der Waals surface area contributed by atoms with Crippen molar-refractivity contribution in [2.24, 2.45) is 32.5 Å². The molecule has 0 spiro atoms. The Balaban J connectivity index is 0.000000304. The van der Waals surface area contributed by atoms with Crippen molar-refractivity contribution in [1.29, 1.82) is 0 Å². The first kappa shape index (κ1) is 120. The Morgan fingerprint density at radius 2 is 0.693 bits per heavy atom. The molecule has 0 radical (unpaired) electrons. The fraction of sp³-hybridized carbons (Fsp3) is 0.500. The molecule has 0 fully saturated rings. The molecule has 33 nitrogen and oxygen atoms in total. The van der Waals surface area contributed by atoms with E-state index in [1.165, 1.54) is 24.4 Å². The monoisotopic (exact) mass is 2060 g/mol. The highest BCUT2D eigenvalue weighted by atomic mass is 35.5. The van der Waals surface area contributed by atoms with Gasteiger partial charge in [-0.2, -0.15) is 19.9 Å². The number of hydrogen-bond acceptors (Lipinski definition) is 31. The number of benzene rings is 1. The fourth-order valence-corrected chi connectivity index (χ4v) is 14.7. The molecule has 0 amide bonds. The summed E-state index contributed by atoms with van der Waals surface area (Å²) in [7, 11) is -4.12. The molecule has 11 aromatic rings. The van der Waals surface area contributed by atoms with E-state index in [-0.39, 0.29) is 198 Å². The molecule has 46 heteroatoms. The maximum absolute atomic E-state index is 14.8. The number of nitrogens with zero attached hydrogens (tertiary/aromatic N) is 15. The number of aryl methyl sites for hydroxylation is 1. The van der Waals surface area contributed by atoms with E-state index in [0.717, 1.165) is 71.5 Å². The summed E-state index contributed by atoms with van der Waals surface area (Å²) in [6.07, 6.45) is 11.5. The largest absolute Gasteiger partial charge is 0.394 e. The zero-order valence-electron chi connectivity index (χ0n) is 81.9. The molecule has 15 N–H and O–H groups in total. The summed E-state index contributed by atoms with van der Waals surface area (Å²) >= 11 is 22.5. The van der Waals surface area contributed by atoms with Gasteiger partial charge in [0.15, 0.2) is 87.1 Å². The summed E-state index contributed by atoms with van der Waals surface area (Å²) < 4.78 is 139. The van der Waals surface area contributed by atoms with Gasteiger partial charge in [-0.3, -0.25) is 0 Å². The normalized spacial score (nSPS) is 14.0. The van der Waals surface area contributed by atoms with Gasteiger partial charge in [0.1, 0.15) is 23.6 Å². The Kier molecular flexibility index (Phi) is 45.9. The van der Waals surface area contributed by atoms with Crippen LogP contribution in [0.4, 0.5) is 70.0 Å². The van der Waals surface area contributed by atoms with Gasteiger partial charge in [-0.05, 0) is 142 Å². The Morgan fingerprint density at radius 1 is 0.407 bits per heavy atom. The van der Waals surface area contributed by atoms with E-state index in [1.54, 1.807) is 24.4 Å². The summed E-state index contributed by atoms with van der Waals surface area (Å²) in [6, 6.07) is 7.05. The number of aliphatic hydroxyl groups is 8. The average Bonchev–Trinajstić information content (AvgIpc) is 1.51. The second-order valence-corrected chi connectivity index (χ2v) is 41.8. The zero-order chi connectivity index (χ0) is 106. The number of aromatic nitrogens is 16. The molecule has 4 unspecified atom stereocenters. The van der Waals surface area contributed by atoms with Crippen LogP contribution in [0.15, 0.2) is 116 Å². The molecular formula is C94H128Cl4F8N22O11S. The number of rotatable bonds is 32. The number of fused-ring (bicyclic) bond motifs is 2. The topological polar surface area (TPSA) is 486 Å².